The third-order valence-corrected chi connectivity index (χ3v) is 2.34. The predicted molar refractivity (Wildman–Crippen MR) is 65.7 cm³/mol. The molecule has 0 aliphatic heterocycles. The zero-order valence-electron chi connectivity index (χ0n) is 9.54. The zero-order chi connectivity index (χ0) is 12.4. The van der Waals surface area contributed by atoms with E-state index in [1.807, 2.05) is 14.1 Å². The van der Waals surface area contributed by atoms with Gasteiger partial charge in [0.2, 0.25) is 0 Å². The van der Waals surface area contributed by atoms with Crippen LogP contribution in [0.25, 0.3) is 10.8 Å². The van der Waals surface area contributed by atoms with Crippen LogP contribution in [-0.4, -0.2) is 29.0 Å². The fourth-order valence-electron chi connectivity index (χ4n) is 1.67. The Morgan fingerprint density at radius 1 is 1.29 bits per heavy atom. The normalized spacial score (nSPS) is 10.8. The van der Waals surface area contributed by atoms with E-state index in [0.717, 1.165) is 11.1 Å². The second-order valence-electron chi connectivity index (χ2n) is 3.82. The van der Waals surface area contributed by atoms with E-state index in [1.54, 1.807) is 29.5 Å². The van der Waals surface area contributed by atoms with Gasteiger partial charge in [0.25, 0.3) is 5.69 Å². The van der Waals surface area contributed by atoms with Gasteiger partial charge in [0.1, 0.15) is 0 Å². The van der Waals surface area contributed by atoms with Crippen molar-refractivity contribution in [3.8, 4) is 0 Å². The van der Waals surface area contributed by atoms with Crippen LogP contribution in [0.2, 0.25) is 0 Å². The van der Waals surface area contributed by atoms with E-state index in [4.69, 9.17) is 0 Å². The molecule has 0 saturated carbocycles. The van der Waals surface area contributed by atoms with E-state index in [2.05, 4.69) is 10.4 Å². The number of hydrogen-bond acceptors (Lipinski definition) is 5. The average molecular weight is 232 g/mol. The number of nitrogens with one attached hydrogen (secondary N) is 1. The van der Waals surface area contributed by atoms with Crippen molar-refractivity contribution in [1.82, 2.24) is 9.99 Å². The van der Waals surface area contributed by atoms with Crippen molar-refractivity contribution in [2.24, 2.45) is 0 Å². The number of nitro groups is 1. The molecule has 0 saturated heterocycles. The Kier molecular flexibility index (Phi) is 2.88. The number of non-ortho nitro benzene ring substituents is 1. The molecule has 1 aromatic heterocycles. The molecule has 2 aromatic rings. The highest BCUT2D eigenvalue weighted by atomic mass is 16.6. The van der Waals surface area contributed by atoms with Crippen LogP contribution in [0.15, 0.2) is 30.6 Å². The Hall–Kier alpha value is -2.21. The summed E-state index contributed by atoms with van der Waals surface area (Å²) in [4.78, 5) is 14.5. The molecule has 0 radical (unpaired) electrons. The van der Waals surface area contributed by atoms with Crippen LogP contribution in [-0.2, 0) is 0 Å². The van der Waals surface area contributed by atoms with Crippen molar-refractivity contribution in [1.29, 1.82) is 0 Å². The minimum atomic E-state index is -0.387. The Morgan fingerprint density at radius 2 is 2.06 bits per heavy atom. The molecule has 0 amide bonds. The molecule has 6 heteroatoms. The fourth-order valence-corrected chi connectivity index (χ4v) is 1.67. The summed E-state index contributed by atoms with van der Waals surface area (Å²) in [5, 5.41) is 14.0. The summed E-state index contributed by atoms with van der Waals surface area (Å²) in [6.45, 7) is 0. The van der Waals surface area contributed by atoms with E-state index in [-0.39, 0.29) is 10.6 Å². The van der Waals surface area contributed by atoms with Crippen LogP contribution < -0.4 is 5.43 Å². The molecule has 0 aliphatic carbocycles. The lowest BCUT2D eigenvalue weighted by Gasteiger charge is -2.15. The molecular weight excluding hydrogens is 220 g/mol. The van der Waals surface area contributed by atoms with Crippen LogP contribution in [0.1, 0.15) is 0 Å². The van der Waals surface area contributed by atoms with Crippen molar-refractivity contribution in [3.05, 3.63) is 40.7 Å². The van der Waals surface area contributed by atoms with Gasteiger partial charge < -0.3 is 5.43 Å². The van der Waals surface area contributed by atoms with E-state index in [1.165, 1.54) is 6.07 Å². The number of hydrogen-bond donors (Lipinski definition) is 1. The maximum absolute atomic E-state index is 10.9. The van der Waals surface area contributed by atoms with Crippen molar-refractivity contribution in [2.75, 3.05) is 19.5 Å². The van der Waals surface area contributed by atoms with Gasteiger partial charge >= 0.3 is 0 Å². The fraction of sp³-hybridized carbons (Fsp3) is 0.182. The van der Waals surface area contributed by atoms with Gasteiger partial charge in [-0.15, -0.1) is 0 Å². The molecule has 0 atom stereocenters. The third-order valence-electron chi connectivity index (χ3n) is 2.34. The molecule has 0 fully saturated rings. The third kappa shape index (κ3) is 2.16. The van der Waals surface area contributed by atoms with E-state index in [9.17, 15) is 10.1 Å². The minimum absolute atomic E-state index is 0.0895. The topological polar surface area (TPSA) is 71.3 Å². The van der Waals surface area contributed by atoms with Crippen molar-refractivity contribution < 1.29 is 4.92 Å². The molecule has 1 N–H and O–H groups in total. The Labute approximate surface area is 98.0 Å². The molecule has 0 spiro atoms. The number of fused-ring (bicyclic) bond motifs is 1. The van der Waals surface area contributed by atoms with Gasteiger partial charge in [-0.05, 0) is 12.1 Å². The number of anilines is 1. The highest BCUT2D eigenvalue weighted by molar-refractivity contribution is 5.98. The molecule has 0 unspecified atom stereocenters. The predicted octanol–water partition coefficient (Wildman–Crippen LogP) is 2.03. The summed E-state index contributed by atoms with van der Waals surface area (Å²) in [6, 6.07) is 4.82. The lowest BCUT2D eigenvalue weighted by molar-refractivity contribution is -0.383. The number of hydrazine groups is 1. The van der Waals surface area contributed by atoms with Gasteiger partial charge in [-0.2, -0.15) is 0 Å². The number of nitro benzene ring substituents is 1. The van der Waals surface area contributed by atoms with E-state index >= 15 is 0 Å². The summed E-state index contributed by atoms with van der Waals surface area (Å²) in [6.07, 6.45) is 3.17. The summed E-state index contributed by atoms with van der Waals surface area (Å²) in [5.41, 5.74) is 3.97. The minimum Gasteiger partial charge on any atom is -0.319 e. The monoisotopic (exact) mass is 232 g/mol. The van der Waals surface area contributed by atoms with Gasteiger partial charge in [0, 0.05) is 37.9 Å². The van der Waals surface area contributed by atoms with Crippen molar-refractivity contribution in [2.45, 2.75) is 0 Å². The molecular formula is C11H12N4O2. The van der Waals surface area contributed by atoms with Crippen LogP contribution in [0, 0.1) is 10.1 Å². The Bertz CT molecular complexity index is 568. The highest BCUT2D eigenvalue weighted by Crippen LogP contribution is 2.30. The summed E-state index contributed by atoms with van der Waals surface area (Å²) in [5.74, 6) is 0. The van der Waals surface area contributed by atoms with Crippen molar-refractivity contribution in [3.63, 3.8) is 0 Å². The van der Waals surface area contributed by atoms with Crippen molar-refractivity contribution >= 4 is 22.1 Å². The molecule has 0 aliphatic rings. The van der Waals surface area contributed by atoms with Crippen LogP contribution in [0.4, 0.5) is 11.4 Å². The number of rotatable bonds is 3. The largest absolute Gasteiger partial charge is 0.319 e. The number of aromatic nitrogens is 1. The molecule has 17 heavy (non-hydrogen) atoms. The number of benzene rings is 1. The zero-order valence-corrected chi connectivity index (χ0v) is 9.54. The Balaban J connectivity index is 2.66. The van der Waals surface area contributed by atoms with E-state index in [0.29, 0.717) is 5.39 Å². The van der Waals surface area contributed by atoms with Gasteiger partial charge in [-0.3, -0.25) is 15.1 Å². The maximum atomic E-state index is 10.9. The summed E-state index contributed by atoms with van der Waals surface area (Å²) >= 11 is 0. The molecule has 1 heterocycles. The Morgan fingerprint density at radius 3 is 2.71 bits per heavy atom. The molecule has 6 nitrogen and oxygen atoms in total. The van der Waals surface area contributed by atoms with Crippen LogP contribution in [0.5, 0.6) is 0 Å². The lowest BCUT2D eigenvalue weighted by Crippen LogP contribution is -2.19. The number of nitrogens with zero attached hydrogens (tertiary/aromatic N) is 3. The van der Waals surface area contributed by atoms with Gasteiger partial charge in [0.05, 0.1) is 16.0 Å². The van der Waals surface area contributed by atoms with Crippen LogP contribution in [0.3, 0.4) is 0 Å². The summed E-state index contributed by atoms with van der Waals surface area (Å²) in [7, 11) is 3.70. The molecule has 0 bridgehead atoms. The first-order valence-corrected chi connectivity index (χ1v) is 5.04. The molecule has 2 rings (SSSR count). The van der Waals surface area contributed by atoms with Gasteiger partial charge in [-0.1, -0.05) is 0 Å². The number of pyridine rings is 1. The second-order valence-corrected chi connectivity index (χ2v) is 3.82. The van der Waals surface area contributed by atoms with E-state index < -0.39 is 0 Å². The molecule has 88 valence electrons. The summed E-state index contributed by atoms with van der Waals surface area (Å²) < 4.78 is 0. The highest BCUT2D eigenvalue weighted by Gasteiger charge is 2.14. The SMILES string of the molecule is CN(C)Nc1ccc([N+](=O)[O-])c2ccncc12. The average Bonchev–Trinajstić information content (AvgIpc) is 2.28. The first kappa shape index (κ1) is 11.3. The second kappa shape index (κ2) is 4.34. The van der Waals surface area contributed by atoms with Gasteiger partial charge in [-0.25, -0.2) is 5.01 Å². The van der Waals surface area contributed by atoms with Crippen LogP contribution >= 0.6 is 0 Å². The quantitative estimate of drug-likeness (QED) is 0.647. The first-order chi connectivity index (χ1) is 8.09. The standard InChI is InChI=1S/C11H12N4O2/c1-14(2)13-10-3-4-11(15(16)17)8-5-6-12-7-9(8)10/h3-7,13H,1-2H3. The first-order valence-electron chi connectivity index (χ1n) is 5.04. The lowest BCUT2D eigenvalue weighted by atomic mass is 10.1. The smallest absolute Gasteiger partial charge is 0.277 e. The van der Waals surface area contributed by atoms with Gasteiger partial charge in [0.15, 0.2) is 0 Å². The molecule has 1 aromatic carbocycles. The maximum Gasteiger partial charge on any atom is 0.277 e.